The van der Waals surface area contributed by atoms with Crippen molar-refractivity contribution in [3.05, 3.63) is 58.8 Å². The van der Waals surface area contributed by atoms with E-state index in [1.54, 1.807) is 11.3 Å². The zero-order chi connectivity index (χ0) is 17.9. The summed E-state index contributed by atoms with van der Waals surface area (Å²) in [6.45, 7) is 6.66. The third kappa shape index (κ3) is 3.55. The molecule has 0 saturated carbocycles. The lowest BCUT2D eigenvalue weighted by Crippen LogP contribution is -2.23. The Labute approximate surface area is 158 Å². The van der Waals surface area contributed by atoms with E-state index >= 15 is 0 Å². The molecule has 1 aliphatic rings. The second-order valence-electron chi connectivity index (χ2n) is 6.63. The van der Waals surface area contributed by atoms with Gasteiger partial charge in [-0.05, 0) is 62.4 Å². The first-order chi connectivity index (χ1) is 12.7. The van der Waals surface area contributed by atoms with Gasteiger partial charge in [0.15, 0.2) is 0 Å². The van der Waals surface area contributed by atoms with Gasteiger partial charge in [0.1, 0.15) is 11.5 Å². The summed E-state index contributed by atoms with van der Waals surface area (Å²) >= 11 is 1.66. The van der Waals surface area contributed by atoms with E-state index in [4.69, 9.17) is 14.1 Å². The summed E-state index contributed by atoms with van der Waals surface area (Å²) in [5.74, 6) is 2.60. The number of nitrogens with zero attached hydrogens (tertiary/aromatic N) is 2. The maximum Gasteiger partial charge on any atom is 0.236 e. The predicted molar refractivity (Wildman–Crippen MR) is 105 cm³/mol. The van der Waals surface area contributed by atoms with Crippen LogP contribution < -0.4 is 4.74 Å². The Hall–Kier alpha value is -2.11. The standard InChI is InChI=1S/C21H24N2O2S/c1-3-24-17-10-8-16(9-11-17)19-6-4-12-23(19)14-18-15(2)25-21(22-18)20-7-5-13-26-20/h5,7-11,13,19H,3-4,6,12,14H2,1-2H3/t19-/m1/s1. The molecule has 0 amide bonds. The number of hydrogen-bond acceptors (Lipinski definition) is 5. The Morgan fingerprint density at radius 1 is 1.27 bits per heavy atom. The molecule has 1 atom stereocenters. The second kappa shape index (κ2) is 7.64. The number of likely N-dealkylation sites (tertiary alicyclic amines) is 1. The molecule has 136 valence electrons. The van der Waals surface area contributed by atoms with Gasteiger partial charge in [0.2, 0.25) is 5.89 Å². The summed E-state index contributed by atoms with van der Waals surface area (Å²) in [6.07, 6.45) is 2.40. The van der Waals surface area contributed by atoms with Crippen LogP contribution in [0.3, 0.4) is 0 Å². The molecule has 2 aromatic heterocycles. The van der Waals surface area contributed by atoms with Gasteiger partial charge in [-0.3, -0.25) is 4.90 Å². The van der Waals surface area contributed by atoms with Crippen molar-refractivity contribution >= 4 is 11.3 Å². The average Bonchev–Trinajstić information content (AvgIpc) is 3.38. The summed E-state index contributed by atoms with van der Waals surface area (Å²) in [5.41, 5.74) is 2.40. The van der Waals surface area contributed by atoms with E-state index in [2.05, 4.69) is 40.6 Å². The Kier molecular flexibility index (Phi) is 5.09. The molecule has 0 unspecified atom stereocenters. The molecule has 26 heavy (non-hydrogen) atoms. The zero-order valence-electron chi connectivity index (χ0n) is 15.3. The van der Waals surface area contributed by atoms with E-state index in [-0.39, 0.29) is 0 Å². The fourth-order valence-electron chi connectivity index (χ4n) is 3.62. The van der Waals surface area contributed by atoms with Crippen LogP contribution in [0.5, 0.6) is 5.75 Å². The van der Waals surface area contributed by atoms with Crippen LogP contribution in [0.25, 0.3) is 10.8 Å². The number of ether oxygens (including phenoxy) is 1. The fraction of sp³-hybridized carbons (Fsp3) is 0.381. The van der Waals surface area contributed by atoms with Gasteiger partial charge >= 0.3 is 0 Å². The van der Waals surface area contributed by atoms with Crippen LogP contribution in [-0.2, 0) is 6.54 Å². The molecule has 0 bridgehead atoms. The van der Waals surface area contributed by atoms with Crippen LogP contribution in [0.4, 0.5) is 0 Å². The topological polar surface area (TPSA) is 38.5 Å². The van der Waals surface area contributed by atoms with Crippen LogP contribution in [0.15, 0.2) is 46.2 Å². The van der Waals surface area contributed by atoms with Crippen molar-refractivity contribution in [3.63, 3.8) is 0 Å². The quantitative estimate of drug-likeness (QED) is 0.580. The van der Waals surface area contributed by atoms with Crippen molar-refractivity contribution in [2.45, 2.75) is 39.3 Å². The lowest BCUT2D eigenvalue weighted by atomic mass is 10.0. The highest BCUT2D eigenvalue weighted by atomic mass is 32.1. The molecular weight excluding hydrogens is 344 g/mol. The van der Waals surface area contributed by atoms with Crippen LogP contribution in [0, 0.1) is 6.92 Å². The summed E-state index contributed by atoms with van der Waals surface area (Å²) in [5, 5.41) is 2.05. The van der Waals surface area contributed by atoms with Gasteiger partial charge in [-0.15, -0.1) is 11.3 Å². The summed E-state index contributed by atoms with van der Waals surface area (Å²) in [7, 11) is 0. The van der Waals surface area contributed by atoms with Gasteiger partial charge in [0.05, 0.1) is 17.2 Å². The molecule has 4 rings (SSSR count). The number of thiophene rings is 1. The molecule has 5 heteroatoms. The molecule has 3 aromatic rings. The van der Waals surface area contributed by atoms with Crippen molar-refractivity contribution in [2.24, 2.45) is 0 Å². The predicted octanol–water partition coefficient (Wildman–Crippen LogP) is 5.45. The molecule has 4 nitrogen and oxygen atoms in total. The van der Waals surface area contributed by atoms with Gasteiger partial charge in [0, 0.05) is 12.6 Å². The Bertz CT molecular complexity index is 840. The summed E-state index contributed by atoms with van der Waals surface area (Å²) < 4.78 is 11.5. The highest BCUT2D eigenvalue weighted by Crippen LogP contribution is 2.35. The van der Waals surface area contributed by atoms with Crippen molar-refractivity contribution in [1.29, 1.82) is 0 Å². The smallest absolute Gasteiger partial charge is 0.236 e. The number of oxazole rings is 1. The molecule has 1 fully saturated rings. The Balaban J connectivity index is 1.50. The zero-order valence-corrected chi connectivity index (χ0v) is 16.1. The third-order valence-electron chi connectivity index (χ3n) is 4.92. The van der Waals surface area contributed by atoms with Crippen LogP contribution >= 0.6 is 11.3 Å². The third-order valence-corrected chi connectivity index (χ3v) is 5.77. The lowest BCUT2D eigenvalue weighted by molar-refractivity contribution is 0.244. The van der Waals surface area contributed by atoms with Gasteiger partial charge < -0.3 is 9.15 Å². The first-order valence-corrected chi connectivity index (χ1v) is 10.1. The molecule has 0 radical (unpaired) electrons. The first-order valence-electron chi connectivity index (χ1n) is 9.21. The van der Waals surface area contributed by atoms with Gasteiger partial charge in [-0.25, -0.2) is 4.98 Å². The minimum absolute atomic E-state index is 0.437. The Morgan fingerprint density at radius 2 is 2.12 bits per heavy atom. The maximum atomic E-state index is 5.91. The molecule has 1 aliphatic heterocycles. The number of benzene rings is 1. The van der Waals surface area contributed by atoms with E-state index < -0.39 is 0 Å². The molecule has 1 saturated heterocycles. The van der Waals surface area contributed by atoms with Crippen molar-refractivity contribution in [2.75, 3.05) is 13.2 Å². The van der Waals surface area contributed by atoms with Gasteiger partial charge in [0.25, 0.3) is 0 Å². The summed E-state index contributed by atoms with van der Waals surface area (Å²) in [4.78, 5) is 8.36. The summed E-state index contributed by atoms with van der Waals surface area (Å²) in [6, 6.07) is 13.1. The SMILES string of the molecule is CCOc1ccc([C@H]2CCCN2Cc2nc(-c3cccs3)oc2C)cc1. The number of aryl methyl sites for hydroxylation is 1. The van der Waals surface area contributed by atoms with Crippen LogP contribution in [0.2, 0.25) is 0 Å². The first kappa shape index (κ1) is 17.3. The van der Waals surface area contributed by atoms with Gasteiger partial charge in [-0.2, -0.15) is 0 Å². The van der Waals surface area contributed by atoms with E-state index in [9.17, 15) is 0 Å². The van der Waals surface area contributed by atoms with Gasteiger partial charge in [-0.1, -0.05) is 18.2 Å². The van der Waals surface area contributed by atoms with E-state index in [0.29, 0.717) is 12.6 Å². The lowest BCUT2D eigenvalue weighted by Gasteiger charge is -2.24. The molecular formula is C21H24N2O2S. The molecule has 3 heterocycles. The number of hydrogen-bond donors (Lipinski definition) is 0. The average molecular weight is 369 g/mol. The maximum absolute atomic E-state index is 5.91. The monoisotopic (exact) mass is 368 g/mol. The Morgan fingerprint density at radius 3 is 2.85 bits per heavy atom. The van der Waals surface area contributed by atoms with Crippen LogP contribution in [-0.4, -0.2) is 23.0 Å². The number of rotatable bonds is 6. The van der Waals surface area contributed by atoms with Crippen molar-refractivity contribution < 1.29 is 9.15 Å². The normalized spacial score (nSPS) is 17.7. The number of aromatic nitrogens is 1. The molecule has 0 aliphatic carbocycles. The minimum Gasteiger partial charge on any atom is -0.494 e. The van der Waals surface area contributed by atoms with E-state index in [0.717, 1.165) is 41.1 Å². The molecule has 1 aromatic carbocycles. The van der Waals surface area contributed by atoms with Crippen LogP contribution in [0.1, 0.15) is 42.8 Å². The molecule has 0 N–H and O–H groups in total. The highest BCUT2D eigenvalue weighted by molar-refractivity contribution is 7.13. The van der Waals surface area contributed by atoms with Crippen molar-refractivity contribution in [1.82, 2.24) is 9.88 Å². The van der Waals surface area contributed by atoms with E-state index in [1.807, 2.05) is 19.9 Å². The van der Waals surface area contributed by atoms with Crippen molar-refractivity contribution in [3.8, 4) is 16.5 Å². The molecule has 0 spiro atoms. The highest BCUT2D eigenvalue weighted by Gasteiger charge is 2.27. The minimum atomic E-state index is 0.437. The van der Waals surface area contributed by atoms with E-state index in [1.165, 1.54) is 18.4 Å². The fourth-order valence-corrected chi connectivity index (χ4v) is 4.27. The second-order valence-corrected chi connectivity index (χ2v) is 7.58. The largest absolute Gasteiger partial charge is 0.494 e.